The monoisotopic (exact) mass is 687 g/mol. The number of hydrogen-bond acceptors (Lipinski definition) is 8. The van der Waals surface area contributed by atoms with Crippen LogP contribution in [0.5, 0.6) is 17.2 Å². The van der Waals surface area contributed by atoms with Gasteiger partial charge < -0.3 is 39.3 Å². The van der Waals surface area contributed by atoms with Gasteiger partial charge in [0, 0.05) is 60.8 Å². The van der Waals surface area contributed by atoms with E-state index in [1.807, 2.05) is 42.5 Å². The second kappa shape index (κ2) is 13.9. The van der Waals surface area contributed by atoms with Crippen LogP contribution in [0.15, 0.2) is 84.0 Å². The first kappa shape index (κ1) is 33.1. The number of hydrogen-bond donors (Lipinski definition) is 3. The zero-order valence-electron chi connectivity index (χ0n) is 28.5. The van der Waals surface area contributed by atoms with Crippen molar-refractivity contribution >= 4 is 52.0 Å². The van der Waals surface area contributed by atoms with Gasteiger partial charge in [0.05, 0.1) is 38.1 Å². The smallest absolute Gasteiger partial charge is 0.291 e. The second-order valence-corrected chi connectivity index (χ2v) is 12.5. The van der Waals surface area contributed by atoms with Crippen molar-refractivity contribution in [3.63, 3.8) is 0 Å². The first-order chi connectivity index (χ1) is 24.7. The van der Waals surface area contributed by atoms with Crippen LogP contribution < -0.4 is 24.8 Å². The van der Waals surface area contributed by atoms with Crippen molar-refractivity contribution in [1.82, 2.24) is 19.4 Å². The number of fused-ring (bicyclic) bond motifs is 3. The Balaban J connectivity index is 0.912. The van der Waals surface area contributed by atoms with Crippen LogP contribution >= 0.6 is 0 Å². The average Bonchev–Trinajstić information content (AvgIpc) is 3.82. The molecule has 1 fully saturated rings. The number of nitrogens with zero attached hydrogens (tertiary/aromatic N) is 4. The maximum Gasteiger partial charge on any atom is 0.291 e. The number of nitrogens with one attached hydrogen (secondary N) is 3. The number of carbonyl (C=O) groups is 3. The predicted molar refractivity (Wildman–Crippen MR) is 195 cm³/mol. The number of benzene rings is 3. The van der Waals surface area contributed by atoms with Gasteiger partial charge in [-0.3, -0.25) is 19.4 Å². The minimum atomic E-state index is -0.413. The molecule has 0 radical (unpaired) electrons. The summed E-state index contributed by atoms with van der Waals surface area (Å²) in [6.45, 7) is 4.74. The summed E-state index contributed by atoms with van der Waals surface area (Å²) in [5.74, 6) is 1.22. The van der Waals surface area contributed by atoms with Crippen molar-refractivity contribution in [3.8, 4) is 28.5 Å². The number of anilines is 2. The number of methoxy groups -OCH3 is 2. The zero-order valence-corrected chi connectivity index (χ0v) is 28.5. The van der Waals surface area contributed by atoms with Gasteiger partial charge in [0.15, 0.2) is 17.3 Å². The number of aryl methyl sites for hydroxylation is 1. The predicted octanol–water partition coefficient (Wildman–Crippen LogP) is 6.12. The van der Waals surface area contributed by atoms with Gasteiger partial charge in [-0.05, 0) is 60.9 Å². The summed E-state index contributed by atoms with van der Waals surface area (Å²) >= 11 is 0. The highest BCUT2D eigenvalue weighted by Gasteiger charge is 2.34. The number of H-pyrrole nitrogens is 1. The Bertz CT molecular complexity index is 2200. The summed E-state index contributed by atoms with van der Waals surface area (Å²) in [5.41, 5.74) is 5.46. The molecule has 1 atom stereocenters. The van der Waals surface area contributed by atoms with E-state index in [4.69, 9.17) is 14.2 Å². The molecule has 3 aromatic carbocycles. The highest BCUT2D eigenvalue weighted by Crippen LogP contribution is 2.38. The molecule has 0 spiro atoms. The Labute approximate surface area is 293 Å². The molecule has 13 heteroatoms. The molecule has 51 heavy (non-hydrogen) atoms. The molecule has 0 unspecified atom stereocenters. The minimum absolute atomic E-state index is 0.114. The van der Waals surface area contributed by atoms with Crippen LogP contribution in [-0.4, -0.2) is 76.8 Å². The molecule has 260 valence electrons. The Morgan fingerprint density at radius 1 is 1.02 bits per heavy atom. The molecular weight excluding hydrogens is 650 g/mol. The van der Waals surface area contributed by atoms with Crippen molar-refractivity contribution in [2.24, 2.45) is 12.0 Å². The number of carbonyl (C=O) groups excluding carboxylic acids is 3. The SMILES string of the molecule is C=C1C[C@H]2C=Nc3cc(OCCCC(=O)Nc4cn(C)c(C(=O)Nc5ccc(-c6cc7cc(OC)ccc7[nH]6)cc5)n4)c(OC)cc3C(=O)N2C1. The fraction of sp³-hybridized carbons (Fsp3) is 0.237. The molecule has 3 amide bonds. The number of aliphatic imine (C=N–C) groups is 1. The van der Waals surface area contributed by atoms with Crippen molar-refractivity contribution in [3.05, 3.63) is 90.4 Å². The molecule has 13 nitrogen and oxygen atoms in total. The second-order valence-electron chi connectivity index (χ2n) is 12.5. The van der Waals surface area contributed by atoms with Gasteiger partial charge in [-0.2, -0.15) is 0 Å². The summed E-state index contributed by atoms with van der Waals surface area (Å²) in [6.07, 6.45) is 4.60. The highest BCUT2D eigenvalue weighted by atomic mass is 16.5. The Morgan fingerprint density at radius 3 is 2.63 bits per heavy atom. The molecule has 5 aromatic rings. The summed E-state index contributed by atoms with van der Waals surface area (Å²) in [4.78, 5) is 53.1. The molecular formula is C38H37N7O6. The molecule has 7 rings (SSSR count). The quantitative estimate of drug-likeness (QED) is 0.112. The van der Waals surface area contributed by atoms with Crippen LogP contribution in [0.4, 0.5) is 17.2 Å². The molecule has 2 aliphatic heterocycles. The van der Waals surface area contributed by atoms with E-state index in [0.29, 0.717) is 47.8 Å². The van der Waals surface area contributed by atoms with E-state index in [9.17, 15) is 14.4 Å². The van der Waals surface area contributed by atoms with Crippen LogP contribution in [0.3, 0.4) is 0 Å². The van der Waals surface area contributed by atoms with E-state index in [1.54, 1.807) is 48.2 Å². The van der Waals surface area contributed by atoms with Crippen LogP contribution in [0.25, 0.3) is 22.2 Å². The van der Waals surface area contributed by atoms with Crippen LogP contribution in [0.2, 0.25) is 0 Å². The maximum atomic E-state index is 13.2. The van der Waals surface area contributed by atoms with E-state index in [1.165, 1.54) is 7.11 Å². The number of aromatic nitrogens is 3. The fourth-order valence-electron chi connectivity index (χ4n) is 6.28. The summed E-state index contributed by atoms with van der Waals surface area (Å²) in [6, 6.07) is 18.6. The number of aromatic amines is 1. The third-order valence-electron chi connectivity index (χ3n) is 8.89. The van der Waals surface area contributed by atoms with E-state index >= 15 is 0 Å². The lowest BCUT2D eigenvalue weighted by Crippen LogP contribution is -2.35. The molecule has 3 N–H and O–H groups in total. The van der Waals surface area contributed by atoms with Crippen LogP contribution in [0, 0.1) is 0 Å². The van der Waals surface area contributed by atoms with Gasteiger partial charge in [-0.15, -0.1) is 0 Å². The van der Waals surface area contributed by atoms with Crippen molar-refractivity contribution in [2.45, 2.75) is 25.3 Å². The topological polar surface area (TPSA) is 152 Å². The van der Waals surface area contributed by atoms with E-state index in [2.05, 4.69) is 38.2 Å². The van der Waals surface area contributed by atoms with Crippen molar-refractivity contribution in [2.75, 3.05) is 38.0 Å². The van der Waals surface area contributed by atoms with E-state index in [-0.39, 0.29) is 42.5 Å². The van der Waals surface area contributed by atoms with Crippen LogP contribution in [0.1, 0.15) is 40.2 Å². The first-order valence-corrected chi connectivity index (χ1v) is 16.5. The minimum Gasteiger partial charge on any atom is -0.497 e. The van der Waals surface area contributed by atoms with E-state index in [0.717, 1.165) is 33.5 Å². The third-order valence-corrected chi connectivity index (χ3v) is 8.89. The normalized spacial score (nSPS) is 15.0. The van der Waals surface area contributed by atoms with Gasteiger partial charge in [0.1, 0.15) is 5.75 Å². The van der Waals surface area contributed by atoms with Gasteiger partial charge in [0.2, 0.25) is 11.7 Å². The molecule has 0 aliphatic carbocycles. The number of imidazole rings is 1. The number of amides is 3. The third kappa shape index (κ3) is 6.91. The molecule has 4 heterocycles. The van der Waals surface area contributed by atoms with Gasteiger partial charge in [-0.25, -0.2) is 4.98 Å². The molecule has 0 saturated carbocycles. The highest BCUT2D eigenvalue weighted by molar-refractivity contribution is 6.04. The largest absolute Gasteiger partial charge is 0.497 e. The molecule has 2 aliphatic rings. The van der Waals surface area contributed by atoms with E-state index < -0.39 is 5.91 Å². The molecule has 1 saturated heterocycles. The lowest BCUT2D eigenvalue weighted by atomic mass is 10.1. The number of ether oxygens (including phenoxy) is 3. The Morgan fingerprint density at radius 2 is 1.84 bits per heavy atom. The lowest BCUT2D eigenvalue weighted by molar-refractivity contribution is -0.116. The molecule has 2 aromatic heterocycles. The van der Waals surface area contributed by atoms with Crippen molar-refractivity contribution in [1.29, 1.82) is 0 Å². The summed E-state index contributed by atoms with van der Waals surface area (Å²) in [5, 5.41) is 6.66. The Kier molecular flexibility index (Phi) is 9.01. The standard InChI is InChI=1S/C38H37N7O6/c1-22-14-26-19-39-31-18-33(32(50-4)17-28(31)38(48)45(26)20-22)51-13-5-6-35(46)42-34-21-44(2)36(43-34)37(47)40-25-9-7-23(8-10-25)30-16-24-15-27(49-3)11-12-29(24)41-30/h7-12,15-19,21,26,41H,1,5-6,13-14,20H2,2-4H3,(H,40,47)(H,42,46)/t26-/m0/s1. The first-order valence-electron chi connectivity index (χ1n) is 16.5. The Hall–Kier alpha value is -6.37. The summed E-state index contributed by atoms with van der Waals surface area (Å²) in [7, 11) is 4.83. The van der Waals surface area contributed by atoms with Crippen molar-refractivity contribution < 1.29 is 28.6 Å². The number of rotatable bonds is 11. The maximum absolute atomic E-state index is 13.2. The zero-order chi connectivity index (χ0) is 35.6. The average molecular weight is 688 g/mol. The summed E-state index contributed by atoms with van der Waals surface area (Å²) < 4.78 is 18.3. The van der Waals surface area contributed by atoms with Gasteiger partial charge in [-0.1, -0.05) is 24.3 Å². The fourth-order valence-corrected chi connectivity index (χ4v) is 6.28. The lowest BCUT2D eigenvalue weighted by Gasteiger charge is -2.20. The van der Waals surface area contributed by atoms with Gasteiger partial charge >= 0.3 is 0 Å². The van der Waals surface area contributed by atoms with Gasteiger partial charge in [0.25, 0.3) is 11.8 Å². The van der Waals surface area contributed by atoms with Crippen LogP contribution in [-0.2, 0) is 11.8 Å². The molecule has 0 bridgehead atoms.